The standard InChI is InChI=1S/C19H14Cl3/c1-12-6-8-13(9-7-12)14-10-11-16(19(22)18(14)21)15-4-2-3-5-17(15)20/h2-9,11H,10H2,1H3. The Balaban J connectivity index is 2.07. The molecule has 3 rings (SSSR count). The summed E-state index contributed by atoms with van der Waals surface area (Å²) in [5, 5.41) is 1.83. The third-order valence-electron chi connectivity index (χ3n) is 3.77. The minimum atomic E-state index is 0.552. The van der Waals surface area contributed by atoms with Crippen LogP contribution in [0.1, 0.15) is 23.1 Å². The molecule has 0 unspecified atom stereocenters. The molecule has 0 aromatic heterocycles. The van der Waals surface area contributed by atoms with Crippen molar-refractivity contribution in [2.24, 2.45) is 0 Å². The van der Waals surface area contributed by atoms with Crippen molar-refractivity contribution in [2.45, 2.75) is 13.3 Å². The predicted molar refractivity (Wildman–Crippen MR) is 97.1 cm³/mol. The van der Waals surface area contributed by atoms with Crippen molar-refractivity contribution in [1.82, 2.24) is 0 Å². The lowest BCUT2D eigenvalue weighted by Crippen LogP contribution is -2.01. The second kappa shape index (κ2) is 6.50. The first kappa shape index (κ1) is 15.7. The average Bonchev–Trinajstić information content (AvgIpc) is 2.52. The fourth-order valence-corrected chi connectivity index (χ4v) is 3.36. The average molecular weight is 349 g/mol. The first-order valence-electron chi connectivity index (χ1n) is 7.02. The third-order valence-corrected chi connectivity index (χ3v) is 5.00. The lowest BCUT2D eigenvalue weighted by Gasteiger charge is -2.21. The number of rotatable bonds is 2. The van der Waals surface area contributed by atoms with Crippen molar-refractivity contribution in [3.8, 4) is 0 Å². The second-order valence-electron chi connectivity index (χ2n) is 5.27. The summed E-state index contributed by atoms with van der Waals surface area (Å²) >= 11 is 19.3. The maximum absolute atomic E-state index is 6.53. The normalized spacial score (nSPS) is 15.5. The molecule has 111 valence electrons. The van der Waals surface area contributed by atoms with E-state index in [-0.39, 0.29) is 0 Å². The van der Waals surface area contributed by atoms with Crippen LogP contribution in [0.5, 0.6) is 0 Å². The quantitative estimate of drug-likeness (QED) is 0.556. The van der Waals surface area contributed by atoms with Crippen molar-refractivity contribution >= 4 is 45.9 Å². The van der Waals surface area contributed by atoms with Gasteiger partial charge < -0.3 is 0 Å². The zero-order valence-corrected chi connectivity index (χ0v) is 14.3. The van der Waals surface area contributed by atoms with Gasteiger partial charge in [-0.05, 0) is 48.1 Å². The molecular formula is C19H14Cl3. The van der Waals surface area contributed by atoms with Crippen molar-refractivity contribution in [3.05, 3.63) is 86.7 Å². The number of hydrogen-bond acceptors (Lipinski definition) is 0. The summed E-state index contributed by atoms with van der Waals surface area (Å²) < 4.78 is 0. The highest BCUT2D eigenvalue weighted by molar-refractivity contribution is 6.49. The highest BCUT2D eigenvalue weighted by Crippen LogP contribution is 2.44. The van der Waals surface area contributed by atoms with Gasteiger partial charge in [-0.3, -0.25) is 0 Å². The van der Waals surface area contributed by atoms with Crippen LogP contribution in [-0.2, 0) is 0 Å². The summed E-state index contributed by atoms with van der Waals surface area (Å²) in [6.07, 6.45) is 2.82. The van der Waals surface area contributed by atoms with Crippen LogP contribution in [0.4, 0.5) is 0 Å². The molecule has 0 saturated heterocycles. The largest absolute Gasteiger partial charge is 0.0837 e. The Morgan fingerprint density at radius 3 is 2.18 bits per heavy atom. The maximum atomic E-state index is 6.53. The molecule has 0 heterocycles. The molecule has 0 saturated carbocycles. The topological polar surface area (TPSA) is 0 Å². The maximum Gasteiger partial charge on any atom is 0.0636 e. The monoisotopic (exact) mass is 347 g/mol. The number of benzene rings is 2. The molecule has 0 fully saturated rings. The van der Waals surface area contributed by atoms with Crippen molar-refractivity contribution in [2.75, 3.05) is 0 Å². The Bertz CT molecular complexity index is 768. The van der Waals surface area contributed by atoms with E-state index in [9.17, 15) is 0 Å². The fourth-order valence-electron chi connectivity index (χ4n) is 2.54. The minimum absolute atomic E-state index is 0.552. The second-order valence-corrected chi connectivity index (χ2v) is 6.44. The van der Waals surface area contributed by atoms with Gasteiger partial charge in [0.05, 0.1) is 10.1 Å². The highest BCUT2D eigenvalue weighted by atomic mass is 35.5. The number of allylic oxidation sites excluding steroid dienone is 4. The molecule has 0 aliphatic heterocycles. The van der Waals surface area contributed by atoms with Crippen molar-refractivity contribution < 1.29 is 0 Å². The highest BCUT2D eigenvalue weighted by Gasteiger charge is 2.22. The van der Waals surface area contributed by atoms with Crippen LogP contribution in [0.3, 0.4) is 0 Å². The van der Waals surface area contributed by atoms with Gasteiger partial charge in [0.25, 0.3) is 0 Å². The number of hydrogen-bond donors (Lipinski definition) is 0. The number of halogens is 3. The van der Waals surface area contributed by atoms with Gasteiger partial charge in [-0.2, -0.15) is 0 Å². The molecule has 0 atom stereocenters. The van der Waals surface area contributed by atoms with E-state index in [4.69, 9.17) is 34.8 Å². The molecule has 22 heavy (non-hydrogen) atoms. The SMILES string of the molecule is Cc1ccc(C2=C(Cl)C(Cl)=C(c3ccccc3Cl)[CH]C2)cc1. The molecule has 2 aromatic rings. The van der Waals surface area contributed by atoms with E-state index < -0.39 is 0 Å². The van der Waals surface area contributed by atoms with E-state index in [2.05, 4.69) is 37.6 Å². The van der Waals surface area contributed by atoms with E-state index in [0.717, 1.165) is 28.7 Å². The van der Waals surface area contributed by atoms with Crippen LogP contribution in [0.25, 0.3) is 11.1 Å². The first-order valence-corrected chi connectivity index (χ1v) is 8.15. The summed E-state index contributed by atoms with van der Waals surface area (Å²) in [4.78, 5) is 0. The molecule has 0 spiro atoms. The molecule has 0 N–H and O–H groups in total. The van der Waals surface area contributed by atoms with Crippen LogP contribution >= 0.6 is 34.8 Å². The minimum Gasteiger partial charge on any atom is -0.0837 e. The van der Waals surface area contributed by atoms with Gasteiger partial charge in [-0.15, -0.1) is 0 Å². The van der Waals surface area contributed by atoms with Gasteiger partial charge >= 0.3 is 0 Å². The Labute approximate surface area is 146 Å². The fraction of sp³-hybridized carbons (Fsp3) is 0.105. The zero-order chi connectivity index (χ0) is 15.7. The van der Waals surface area contributed by atoms with Crippen molar-refractivity contribution in [3.63, 3.8) is 0 Å². The molecule has 3 heteroatoms. The van der Waals surface area contributed by atoms with Crippen LogP contribution in [0.15, 0.2) is 58.6 Å². The Hall–Kier alpha value is -1.21. The number of aryl methyl sites for hydroxylation is 1. The molecule has 1 radical (unpaired) electrons. The molecule has 0 amide bonds. The van der Waals surface area contributed by atoms with Gasteiger partial charge in [-0.1, -0.05) is 82.8 Å². The van der Waals surface area contributed by atoms with E-state index in [0.29, 0.717) is 15.1 Å². The summed E-state index contributed by atoms with van der Waals surface area (Å²) in [7, 11) is 0. The summed E-state index contributed by atoms with van der Waals surface area (Å²) in [5.41, 5.74) is 5.17. The van der Waals surface area contributed by atoms with Gasteiger partial charge in [0.2, 0.25) is 0 Å². The van der Waals surface area contributed by atoms with Gasteiger partial charge in [0, 0.05) is 5.02 Å². The van der Waals surface area contributed by atoms with Gasteiger partial charge in [-0.25, -0.2) is 0 Å². The van der Waals surface area contributed by atoms with E-state index in [1.807, 2.05) is 24.3 Å². The van der Waals surface area contributed by atoms with Crippen LogP contribution in [0.2, 0.25) is 5.02 Å². The predicted octanol–water partition coefficient (Wildman–Crippen LogP) is 6.86. The van der Waals surface area contributed by atoms with Crippen LogP contribution < -0.4 is 0 Å². The summed E-state index contributed by atoms with van der Waals surface area (Å²) in [6.45, 7) is 2.06. The van der Waals surface area contributed by atoms with Gasteiger partial charge in [0.1, 0.15) is 0 Å². The summed E-state index contributed by atoms with van der Waals surface area (Å²) in [6, 6.07) is 16.0. The third kappa shape index (κ3) is 2.96. The van der Waals surface area contributed by atoms with Crippen LogP contribution in [0, 0.1) is 13.3 Å². The van der Waals surface area contributed by atoms with E-state index >= 15 is 0 Å². The first-order chi connectivity index (χ1) is 10.6. The molecule has 0 nitrogen and oxygen atoms in total. The van der Waals surface area contributed by atoms with Gasteiger partial charge in [0.15, 0.2) is 0 Å². The Morgan fingerprint density at radius 1 is 0.818 bits per heavy atom. The lowest BCUT2D eigenvalue weighted by atomic mass is 9.89. The Morgan fingerprint density at radius 2 is 1.50 bits per heavy atom. The van der Waals surface area contributed by atoms with E-state index in [1.54, 1.807) is 0 Å². The lowest BCUT2D eigenvalue weighted by molar-refractivity contribution is 1.26. The molecular weight excluding hydrogens is 335 g/mol. The molecule has 1 aliphatic carbocycles. The molecule has 2 aromatic carbocycles. The summed E-state index contributed by atoms with van der Waals surface area (Å²) in [5.74, 6) is 0. The van der Waals surface area contributed by atoms with Crippen molar-refractivity contribution in [1.29, 1.82) is 0 Å². The smallest absolute Gasteiger partial charge is 0.0636 e. The Kier molecular flexibility index (Phi) is 4.63. The molecule has 0 bridgehead atoms. The zero-order valence-electron chi connectivity index (χ0n) is 12.0. The van der Waals surface area contributed by atoms with Crippen LogP contribution in [-0.4, -0.2) is 0 Å². The molecule has 1 aliphatic rings. The van der Waals surface area contributed by atoms with E-state index in [1.165, 1.54) is 5.56 Å².